The van der Waals surface area contributed by atoms with Crippen LogP contribution in [0.25, 0.3) is 0 Å². The molecular weight excluding hydrogens is 328 g/mol. The highest BCUT2D eigenvalue weighted by Crippen LogP contribution is 2.35. The van der Waals surface area contributed by atoms with Gasteiger partial charge in [0.25, 0.3) is 0 Å². The number of amides is 1. The van der Waals surface area contributed by atoms with Crippen molar-refractivity contribution in [3.63, 3.8) is 0 Å². The molecule has 5 heteroatoms. The number of hydrogen-bond donors (Lipinski definition) is 1. The molecule has 0 spiro atoms. The van der Waals surface area contributed by atoms with E-state index in [0.717, 1.165) is 19.5 Å². The second-order valence-corrected chi connectivity index (χ2v) is 8.14. The van der Waals surface area contributed by atoms with Gasteiger partial charge in [0.2, 0.25) is 0 Å². The molecule has 0 unspecified atom stereocenters. The van der Waals surface area contributed by atoms with Crippen molar-refractivity contribution < 1.29 is 14.3 Å². The fourth-order valence-electron chi connectivity index (χ4n) is 3.63. The fourth-order valence-corrected chi connectivity index (χ4v) is 3.63. The van der Waals surface area contributed by atoms with Gasteiger partial charge in [0, 0.05) is 24.5 Å². The van der Waals surface area contributed by atoms with Crippen LogP contribution in [0.4, 0.5) is 4.79 Å². The van der Waals surface area contributed by atoms with Crippen LogP contribution in [-0.4, -0.2) is 49.9 Å². The molecule has 1 N–H and O–H groups in total. The van der Waals surface area contributed by atoms with E-state index < -0.39 is 6.09 Å². The Kier molecular flexibility index (Phi) is 7.47. The molecule has 2 rings (SSSR count). The number of ether oxygens (including phenoxy) is 2. The Balaban J connectivity index is 2.08. The maximum absolute atomic E-state index is 11.2. The van der Waals surface area contributed by atoms with E-state index in [2.05, 4.69) is 66.9 Å². The molecule has 26 heavy (non-hydrogen) atoms. The summed E-state index contributed by atoms with van der Waals surface area (Å²) in [5.74, 6) is 0.447. The zero-order chi connectivity index (χ0) is 19.2. The van der Waals surface area contributed by atoms with E-state index in [1.165, 1.54) is 24.7 Å². The summed E-state index contributed by atoms with van der Waals surface area (Å²) in [5, 5.41) is 2.69. The van der Waals surface area contributed by atoms with Gasteiger partial charge in [-0.1, -0.05) is 29.8 Å². The van der Waals surface area contributed by atoms with Gasteiger partial charge in [-0.25, -0.2) is 4.79 Å². The van der Waals surface area contributed by atoms with Crippen LogP contribution in [0.1, 0.15) is 50.8 Å². The standard InChI is InChI=1S/C21H34N2O3/c1-16-8-6-9-17(14-16)19(26-13-11-22-20(24)25-5)18-10-7-12-23(15-18)21(2,3)4/h6,8-9,14,18-19H,7,10-13,15H2,1-5H3,(H,22,24)/t18-,19+/m1/s1. The zero-order valence-electron chi connectivity index (χ0n) is 16.9. The first kappa shape index (κ1) is 20.7. The van der Waals surface area contributed by atoms with Gasteiger partial charge in [0.1, 0.15) is 0 Å². The minimum absolute atomic E-state index is 0.0412. The number of benzene rings is 1. The van der Waals surface area contributed by atoms with Crippen LogP contribution >= 0.6 is 0 Å². The molecular formula is C21H34N2O3. The van der Waals surface area contributed by atoms with E-state index >= 15 is 0 Å². The number of rotatable bonds is 6. The van der Waals surface area contributed by atoms with Gasteiger partial charge in [0.15, 0.2) is 0 Å². The number of carbonyl (C=O) groups excluding carboxylic acids is 1. The minimum Gasteiger partial charge on any atom is -0.453 e. The number of alkyl carbamates (subject to hydrolysis) is 1. The number of piperidine rings is 1. The Morgan fingerprint density at radius 1 is 1.38 bits per heavy atom. The lowest BCUT2D eigenvalue weighted by Gasteiger charge is -2.43. The van der Waals surface area contributed by atoms with Gasteiger partial charge in [-0.2, -0.15) is 0 Å². The number of aryl methyl sites for hydroxylation is 1. The average Bonchev–Trinajstić information content (AvgIpc) is 2.61. The van der Waals surface area contributed by atoms with Crippen molar-refractivity contribution >= 4 is 6.09 Å². The summed E-state index contributed by atoms with van der Waals surface area (Å²) in [6.07, 6.45) is 1.97. The lowest BCUT2D eigenvalue weighted by atomic mass is 9.86. The lowest BCUT2D eigenvalue weighted by molar-refractivity contribution is -0.0301. The highest BCUT2D eigenvalue weighted by molar-refractivity contribution is 5.66. The van der Waals surface area contributed by atoms with Crippen molar-refractivity contribution in [3.05, 3.63) is 35.4 Å². The Morgan fingerprint density at radius 2 is 2.15 bits per heavy atom. The first-order valence-corrected chi connectivity index (χ1v) is 9.56. The molecule has 0 bridgehead atoms. The molecule has 0 aliphatic carbocycles. The van der Waals surface area contributed by atoms with Gasteiger partial charge in [-0.3, -0.25) is 4.90 Å². The third kappa shape index (κ3) is 5.99. The minimum atomic E-state index is -0.419. The Morgan fingerprint density at radius 3 is 2.81 bits per heavy atom. The Hall–Kier alpha value is -1.59. The van der Waals surface area contributed by atoms with Crippen LogP contribution in [0, 0.1) is 12.8 Å². The highest BCUT2D eigenvalue weighted by Gasteiger charge is 2.33. The number of hydrogen-bond acceptors (Lipinski definition) is 4. The van der Waals surface area contributed by atoms with E-state index in [9.17, 15) is 4.79 Å². The number of nitrogens with zero attached hydrogens (tertiary/aromatic N) is 1. The topological polar surface area (TPSA) is 50.8 Å². The van der Waals surface area contributed by atoms with Crippen LogP contribution in [0.15, 0.2) is 24.3 Å². The molecule has 1 saturated heterocycles. The normalized spacial score (nSPS) is 19.8. The number of nitrogens with one attached hydrogen (secondary N) is 1. The zero-order valence-corrected chi connectivity index (χ0v) is 16.9. The van der Waals surface area contributed by atoms with Crippen LogP contribution in [0.5, 0.6) is 0 Å². The van der Waals surface area contributed by atoms with E-state index in [1.54, 1.807) is 0 Å². The highest BCUT2D eigenvalue weighted by atomic mass is 16.5. The molecule has 1 aromatic carbocycles. The summed E-state index contributed by atoms with van der Waals surface area (Å²) in [6, 6.07) is 8.58. The molecule has 1 amide bonds. The Labute approximate surface area is 158 Å². The predicted molar refractivity (Wildman–Crippen MR) is 104 cm³/mol. The summed E-state index contributed by atoms with van der Waals surface area (Å²) < 4.78 is 10.9. The van der Waals surface area contributed by atoms with E-state index in [-0.39, 0.29) is 11.6 Å². The van der Waals surface area contributed by atoms with Gasteiger partial charge >= 0.3 is 6.09 Å². The smallest absolute Gasteiger partial charge is 0.406 e. The van der Waals surface area contributed by atoms with Crippen LogP contribution in [0.3, 0.4) is 0 Å². The number of carbonyl (C=O) groups is 1. The van der Waals surface area contributed by atoms with Crippen molar-refractivity contribution in [1.82, 2.24) is 10.2 Å². The summed E-state index contributed by atoms with van der Waals surface area (Å²) in [6.45, 7) is 12.0. The quantitative estimate of drug-likeness (QED) is 0.779. The third-order valence-electron chi connectivity index (χ3n) is 5.06. The van der Waals surface area contributed by atoms with Crippen molar-refractivity contribution in [2.75, 3.05) is 33.4 Å². The summed E-state index contributed by atoms with van der Waals surface area (Å²) in [5.41, 5.74) is 2.64. The number of likely N-dealkylation sites (tertiary alicyclic amines) is 1. The fraction of sp³-hybridized carbons (Fsp3) is 0.667. The second kappa shape index (κ2) is 9.38. The molecule has 2 atom stereocenters. The molecule has 5 nitrogen and oxygen atoms in total. The number of methoxy groups -OCH3 is 1. The van der Waals surface area contributed by atoms with Crippen molar-refractivity contribution in [3.8, 4) is 0 Å². The van der Waals surface area contributed by atoms with Crippen molar-refractivity contribution in [1.29, 1.82) is 0 Å². The molecule has 1 aliphatic heterocycles. The first-order chi connectivity index (χ1) is 12.3. The predicted octanol–water partition coefficient (Wildman–Crippen LogP) is 3.92. The van der Waals surface area contributed by atoms with Crippen molar-refractivity contribution in [2.24, 2.45) is 5.92 Å². The molecule has 146 valence electrons. The molecule has 1 fully saturated rings. The monoisotopic (exact) mass is 362 g/mol. The second-order valence-electron chi connectivity index (χ2n) is 8.14. The maximum Gasteiger partial charge on any atom is 0.406 e. The summed E-state index contributed by atoms with van der Waals surface area (Å²) in [7, 11) is 1.37. The molecule has 1 aliphatic rings. The average molecular weight is 363 g/mol. The van der Waals surface area contributed by atoms with E-state index in [4.69, 9.17) is 4.74 Å². The van der Waals surface area contributed by atoms with Crippen molar-refractivity contribution in [2.45, 2.75) is 52.2 Å². The molecule has 0 radical (unpaired) electrons. The Bertz CT molecular complexity index is 583. The van der Waals surface area contributed by atoms with Crippen LogP contribution in [0.2, 0.25) is 0 Å². The van der Waals surface area contributed by atoms with Gasteiger partial charge in [-0.05, 0) is 52.6 Å². The summed E-state index contributed by atoms with van der Waals surface area (Å²) in [4.78, 5) is 13.8. The molecule has 1 aromatic rings. The van der Waals surface area contributed by atoms with E-state index in [0.29, 0.717) is 19.1 Å². The molecule has 1 heterocycles. The first-order valence-electron chi connectivity index (χ1n) is 9.56. The molecule has 0 saturated carbocycles. The third-order valence-corrected chi connectivity index (χ3v) is 5.06. The van der Waals surface area contributed by atoms with Gasteiger partial charge in [-0.15, -0.1) is 0 Å². The van der Waals surface area contributed by atoms with E-state index in [1.807, 2.05) is 0 Å². The summed E-state index contributed by atoms with van der Waals surface area (Å²) >= 11 is 0. The van der Waals surface area contributed by atoms with Crippen LogP contribution in [-0.2, 0) is 9.47 Å². The maximum atomic E-state index is 11.2. The SMILES string of the molecule is COC(=O)NCCO[C@@H](c1cccc(C)c1)[C@@H]1CCCN(C(C)(C)C)C1. The van der Waals surface area contributed by atoms with Crippen LogP contribution < -0.4 is 5.32 Å². The van der Waals surface area contributed by atoms with Gasteiger partial charge < -0.3 is 14.8 Å². The lowest BCUT2D eigenvalue weighted by Crippen LogP contribution is -2.48. The van der Waals surface area contributed by atoms with Gasteiger partial charge in [0.05, 0.1) is 19.8 Å². The molecule has 0 aromatic heterocycles. The largest absolute Gasteiger partial charge is 0.453 e.